The number of rotatable bonds is 7. The van der Waals surface area contributed by atoms with Crippen LogP contribution in [0.5, 0.6) is 0 Å². The molecule has 0 aliphatic carbocycles. The number of amides is 1. The highest BCUT2D eigenvalue weighted by molar-refractivity contribution is 7.89. The lowest BCUT2D eigenvalue weighted by molar-refractivity contribution is -0.384. The number of carbonyl (C=O) groups is 1. The largest absolute Gasteiger partial charge is 0.272 e. The second-order valence-corrected chi connectivity index (χ2v) is 7.76. The summed E-state index contributed by atoms with van der Waals surface area (Å²) in [5, 5.41) is 14.3. The Labute approximate surface area is 156 Å². The number of nitrogens with zero attached hydrogens (tertiary/aromatic N) is 3. The van der Waals surface area contributed by atoms with E-state index < -0.39 is 27.4 Å². The highest BCUT2D eigenvalue weighted by Crippen LogP contribution is 2.14. The van der Waals surface area contributed by atoms with Crippen LogP contribution in [-0.2, 0) is 14.8 Å². The van der Waals surface area contributed by atoms with Crippen molar-refractivity contribution in [1.82, 2.24) is 9.73 Å². The predicted octanol–water partition coefficient (Wildman–Crippen LogP) is 1.67. The van der Waals surface area contributed by atoms with Crippen LogP contribution in [0.4, 0.5) is 5.69 Å². The fourth-order valence-electron chi connectivity index (χ4n) is 2.07. The zero-order chi connectivity index (χ0) is 20.0. The van der Waals surface area contributed by atoms with Gasteiger partial charge in [-0.2, -0.15) is 9.41 Å². The zero-order valence-corrected chi connectivity index (χ0v) is 15.5. The first-order chi connectivity index (χ1) is 12.7. The Balaban J connectivity index is 1.94. The molecule has 2 rings (SSSR count). The van der Waals surface area contributed by atoms with Gasteiger partial charge in [-0.3, -0.25) is 14.9 Å². The van der Waals surface area contributed by atoms with Crippen molar-refractivity contribution < 1.29 is 18.1 Å². The Morgan fingerprint density at radius 2 is 1.78 bits per heavy atom. The minimum Gasteiger partial charge on any atom is -0.272 e. The van der Waals surface area contributed by atoms with Gasteiger partial charge in [-0.1, -0.05) is 17.7 Å². The number of nitro groups is 1. The Kier molecular flexibility index (Phi) is 6.37. The molecule has 10 heteroatoms. The summed E-state index contributed by atoms with van der Waals surface area (Å²) in [6, 6.07) is 11.9. The Hall–Kier alpha value is -3.11. The molecule has 2 aromatic rings. The van der Waals surface area contributed by atoms with E-state index in [2.05, 4.69) is 10.5 Å². The molecule has 0 aliphatic rings. The summed E-state index contributed by atoms with van der Waals surface area (Å²) in [5.74, 6) is -0.619. The number of likely N-dealkylation sites (N-methyl/N-ethyl adjacent to an activating group) is 1. The summed E-state index contributed by atoms with van der Waals surface area (Å²) in [6.45, 7) is 1.43. The molecule has 0 spiro atoms. The van der Waals surface area contributed by atoms with E-state index >= 15 is 0 Å². The van der Waals surface area contributed by atoms with Crippen molar-refractivity contribution in [1.29, 1.82) is 0 Å². The van der Waals surface area contributed by atoms with Crippen LogP contribution < -0.4 is 5.43 Å². The van der Waals surface area contributed by atoms with Gasteiger partial charge in [0.2, 0.25) is 10.0 Å². The monoisotopic (exact) mass is 390 g/mol. The number of nitrogens with one attached hydrogen (secondary N) is 1. The standard InChI is InChI=1S/C17H18N4O5S/c1-13-3-9-16(10-4-13)27(25,26)20(2)12-17(22)19-18-11-14-5-7-15(8-6-14)21(23)24/h3-11H,12H2,1-2H3,(H,19,22)/b18-11-. The maximum absolute atomic E-state index is 12.4. The summed E-state index contributed by atoms with van der Waals surface area (Å²) >= 11 is 0. The predicted molar refractivity (Wildman–Crippen MR) is 99.8 cm³/mol. The molecule has 9 nitrogen and oxygen atoms in total. The van der Waals surface area contributed by atoms with Crippen molar-refractivity contribution in [3.05, 3.63) is 69.8 Å². The molecule has 0 atom stereocenters. The summed E-state index contributed by atoms with van der Waals surface area (Å²) < 4.78 is 25.8. The van der Waals surface area contributed by atoms with Crippen LogP contribution in [0.3, 0.4) is 0 Å². The number of sulfonamides is 1. The highest BCUT2D eigenvalue weighted by Gasteiger charge is 2.22. The Bertz CT molecular complexity index is 954. The van der Waals surface area contributed by atoms with Crippen LogP contribution in [0.15, 0.2) is 58.5 Å². The Morgan fingerprint density at radius 1 is 1.19 bits per heavy atom. The van der Waals surface area contributed by atoms with E-state index in [0.29, 0.717) is 5.56 Å². The molecular weight excluding hydrogens is 372 g/mol. The van der Waals surface area contributed by atoms with Gasteiger partial charge < -0.3 is 0 Å². The van der Waals surface area contributed by atoms with Crippen molar-refractivity contribution in [3.8, 4) is 0 Å². The van der Waals surface area contributed by atoms with Gasteiger partial charge in [-0.25, -0.2) is 13.8 Å². The quantitative estimate of drug-likeness (QED) is 0.438. The van der Waals surface area contributed by atoms with Crippen LogP contribution in [0.2, 0.25) is 0 Å². The van der Waals surface area contributed by atoms with Crippen LogP contribution in [0.1, 0.15) is 11.1 Å². The van der Waals surface area contributed by atoms with Gasteiger partial charge in [0.05, 0.1) is 22.6 Å². The normalized spacial score (nSPS) is 11.7. The third-order valence-corrected chi connectivity index (χ3v) is 5.42. The van der Waals surface area contributed by atoms with E-state index in [9.17, 15) is 23.3 Å². The molecule has 2 aromatic carbocycles. The number of hydrazone groups is 1. The fourth-order valence-corrected chi connectivity index (χ4v) is 3.20. The van der Waals surface area contributed by atoms with Gasteiger partial charge in [0, 0.05) is 19.2 Å². The molecule has 1 N–H and O–H groups in total. The van der Waals surface area contributed by atoms with Gasteiger partial charge in [0.15, 0.2) is 0 Å². The molecule has 0 saturated carbocycles. The van der Waals surface area contributed by atoms with E-state index in [1.807, 2.05) is 6.92 Å². The molecule has 27 heavy (non-hydrogen) atoms. The van der Waals surface area contributed by atoms with Gasteiger partial charge in [-0.15, -0.1) is 0 Å². The molecule has 0 heterocycles. The average molecular weight is 390 g/mol. The molecule has 0 fully saturated rings. The first kappa shape index (κ1) is 20.2. The van der Waals surface area contributed by atoms with Gasteiger partial charge in [0.25, 0.3) is 11.6 Å². The Morgan fingerprint density at radius 3 is 2.33 bits per heavy atom. The topological polar surface area (TPSA) is 122 Å². The molecule has 0 radical (unpaired) electrons. The van der Waals surface area contributed by atoms with Crippen molar-refractivity contribution >= 4 is 27.8 Å². The van der Waals surface area contributed by atoms with Crippen LogP contribution >= 0.6 is 0 Å². The zero-order valence-electron chi connectivity index (χ0n) is 14.7. The lowest BCUT2D eigenvalue weighted by atomic mass is 10.2. The van der Waals surface area contributed by atoms with E-state index in [-0.39, 0.29) is 10.6 Å². The fraction of sp³-hybridized carbons (Fsp3) is 0.176. The number of benzene rings is 2. The van der Waals surface area contributed by atoms with Gasteiger partial charge in [-0.05, 0) is 36.8 Å². The number of aryl methyl sites for hydroxylation is 1. The van der Waals surface area contributed by atoms with Crippen molar-refractivity contribution in [2.45, 2.75) is 11.8 Å². The number of nitro benzene ring substituents is 1. The smallest absolute Gasteiger partial charge is 0.269 e. The minimum absolute atomic E-state index is 0.0564. The van der Waals surface area contributed by atoms with Crippen LogP contribution in [0.25, 0.3) is 0 Å². The summed E-state index contributed by atoms with van der Waals surface area (Å²) in [6.07, 6.45) is 1.30. The highest BCUT2D eigenvalue weighted by atomic mass is 32.2. The SMILES string of the molecule is Cc1ccc(S(=O)(=O)N(C)CC(=O)N/N=C\c2ccc([N+](=O)[O-])cc2)cc1. The second-order valence-electron chi connectivity index (χ2n) is 5.72. The molecule has 0 aliphatic heterocycles. The number of hydrogen-bond acceptors (Lipinski definition) is 6. The van der Waals surface area contributed by atoms with Gasteiger partial charge in [0.1, 0.15) is 0 Å². The van der Waals surface area contributed by atoms with Crippen LogP contribution in [-0.4, -0.2) is 43.4 Å². The molecule has 0 unspecified atom stereocenters. The first-order valence-electron chi connectivity index (χ1n) is 7.79. The van der Waals surface area contributed by atoms with Crippen molar-refractivity contribution in [2.75, 3.05) is 13.6 Å². The lowest BCUT2D eigenvalue weighted by Gasteiger charge is -2.16. The number of hydrogen-bond donors (Lipinski definition) is 1. The summed E-state index contributed by atoms with van der Waals surface area (Å²) in [5.41, 5.74) is 3.64. The molecule has 1 amide bonds. The third-order valence-electron chi connectivity index (χ3n) is 3.60. The van der Waals surface area contributed by atoms with Crippen LogP contribution in [0, 0.1) is 17.0 Å². The average Bonchev–Trinajstić information content (AvgIpc) is 2.62. The maximum atomic E-state index is 12.4. The second kappa shape index (κ2) is 8.52. The molecular formula is C17H18N4O5S. The van der Waals surface area contributed by atoms with Gasteiger partial charge >= 0.3 is 0 Å². The van der Waals surface area contributed by atoms with Crippen molar-refractivity contribution in [3.63, 3.8) is 0 Å². The molecule has 0 aromatic heterocycles. The molecule has 0 saturated heterocycles. The minimum atomic E-state index is -3.78. The first-order valence-corrected chi connectivity index (χ1v) is 9.23. The molecule has 0 bridgehead atoms. The van der Waals surface area contributed by atoms with E-state index in [0.717, 1.165) is 9.87 Å². The van der Waals surface area contributed by atoms with E-state index in [4.69, 9.17) is 0 Å². The number of carbonyl (C=O) groups excluding carboxylic acids is 1. The van der Waals surface area contributed by atoms with E-state index in [1.54, 1.807) is 12.1 Å². The summed E-state index contributed by atoms with van der Waals surface area (Å²) in [7, 11) is -2.48. The van der Waals surface area contributed by atoms with E-state index in [1.165, 1.54) is 49.7 Å². The maximum Gasteiger partial charge on any atom is 0.269 e. The third kappa shape index (κ3) is 5.43. The lowest BCUT2D eigenvalue weighted by Crippen LogP contribution is -2.36. The number of non-ortho nitro benzene ring substituents is 1. The van der Waals surface area contributed by atoms with Crippen molar-refractivity contribution in [2.24, 2.45) is 5.10 Å². The molecule has 142 valence electrons. The summed E-state index contributed by atoms with van der Waals surface area (Å²) in [4.78, 5) is 22.1.